The molecule has 0 aliphatic heterocycles. The molecule has 0 spiro atoms. The molecular weight excluding hydrogens is 308 g/mol. The molecule has 4 nitrogen and oxygen atoms in total. The molecule has 2 aromatic carbocycles. The Morgan fingerprint density at radius 2 is 1.65 bits per heavy atom. The number of aryl methyl sites for hydroxylation is 1. The Morgan fingerprint density at radius 1 is 1.04 bits per heavy atom. The summed E-state index contributed by atoms with van der Waals surface area (Å²) in [6, 6.07) is 14.7. The third-order valence-corrected chi connectivity index (χ3v) is 3.23. The number of benzene rings is 2. The van der Waals surface area contributed by atoms with Gasteiger partial charge < -0.3 is 10.1 Å². The molecule has 0 bridgehead atoms. The smallest absolute Gasteiger partial charge is 0.257 e. The van der Waals surface area contributed by atoms with Crippen LogP contribution in [0.25, 0.3) is 0 Å². The van der Waals surface area contributed by atoms with Crippen molar-refractivity contribution in [3.8, 4) is 5.75 Å². The average molecular weight is 328 g/mol. The Bertz CT molecular complexity index is 679. The number of nitrogens with one attached hydrogen (secondary N) is 2. The predicted molar refractivity (Wildman–Crippen MR) is 97.1 cm³/mol. The fourth-order valence-electron chi connectivity index (χ4n) is 1.93. The molecule has 0 saturated heterocycles. The van der Waals surface area contributed by atoms with Crippen molar-refractivity contribution < 1.29 is 9.53 Å². The standard InChI is InChI=1S/C18H20N2O2S/c1-12(2)22-16-10-8-15(9-11-16)19-18(23)20-17(21)14-6-4-13(3)5-7-14/h4-12H,1-3H3,(H2,19,20,21,23). The predicted octanol–water partition coefficient (Wildman–Crippen LogP) is 3.91. The first-order chi connectivity index (χ1) is 10.9. The van der Waals surface area contributed by atoms with Gasteiger partial charge in [-0.05, 0) is 69.4 Å². The van der Waals surface area contributed by atoms with E-state index in [0.717, 1.165) is 17.0 Å². The highest BCUT2D eigenvalue weighted by molar-refractivity contribution is 7.80. The van der Waals surface area contributed by atoms with Crippen LogP contribution in [-0.2, 0) is 0 Å². The maximum atomic E-state index is 12.1. The van der Waals surface area contributed by atoms with Crippen molar-refractivity contribution in [3.63, 3.8) is 0 Å². The number of amides is 1. The Hall–Kier alpha value is -2.40. The number of ether oxygens (including phenoxy) is 1. The molecule has 0 atom stereocenters. The lowest BCUT2D eigenvalue weighted by Gasteiger charge is -2.12. The minimum atomic E-state index is -0.234. The summed E-state index contributed by atoms with van der Waals surface area (Å²) >= 11 is 5.17. The van der Waals surface area contributed by atoms with Crippen LogP contribution in [0.15, 0.2) is 48.5 Å². The van der Waals surface area contributed by atoms with Crippen molar-refractivity contribution in [2.24, 2.45) is 0 Å². The lowest BCUT2D eigenvalue weighted by molar-refractivity contribution is 0.0977. The number of rotatable bonds is 4. The summed E-state index contributed by atoms with van der Waals surface area (Å²) in [4.78, 5) is 12.1. The second-order valence-electron chi connectivity index (χ2n) is 5.47. The van der Waals surface area contributed by atoms with Crippen LogP contribution in [0.2, 0.25) is 0 Å². The van der Waals surface area contributed by atoms with Gasteiger partial charge in [0.05, 0.1) is 6.10 Å². The first-order valence-corrected chi connectivity index (χ1v) is 7.80. The van der Waals surface area contributed by atoms with Gasteiger partial charge in [-0.25, -0.2) is 0 Å². The molecule has 0 aliphatic carbocycles. The van der Waals surface area contributed by atoms with E-state index in [1.54, 1.807) is 12.1 Å². The summed E-state index contributed by atoms with van der Waals surface area (Å²) in [5, 5.41) is 5.90. The molecular formula is C18H20N2O2S. The summed E-state index contributed by atoms with van der Waals surface area (Å²) in [6.45, 7) is 5.92. The van der Waals surface area contributed by atoms with Crippen molar-refractivity contribution in [1.29, 1.82) is 0 Å². The molecule has 0 aromatic heterocycles. The average Bonchev–Trinajstić information content (AvgIpc) is 2.49. The highest BCUT2D eigenvalue weighted by Gasteiger charge is 2.07. The van der Waals surface area contributed by atoms with E-state index in [2.05, 4.69) is 10.6 Å². The van der Waals surface area contributed by atoms with Crippen LogP contribution in [0.4, 0.5) is 5.69 Å². The maximum absolute atomic E-state index is 12.1. The molecule has 23 heavy (non-hydrogen) atoms. The van der Waals surface area contributed by atoms with Gasteiger partial charge in [-0.3, -0.25) is 10.1 Å². The topological polar surface area (TPSA) is 50.4 Å². The van der Waals surface area contributed by atoms with Gasteiger partial charge in [-0.2, -0.15) is 0 Å². The lowest BCUT2D eigenvalue weighted by Crippen LogP contribution is -2.34. The fourth-order valence-corrected chi connectivity index (χ4v) is 2.14. The number of thiocarbonyl (C=S) groups is 1. The first-order valence-electron chi connectivity index (χ1n) is 7.40. The van der Waals surface area contributed by atoms with E-state index in [-0.39, 0.29) is 17.1 Å². The minimum Gasteiger partial charge on any atom is -0.491 e. The lowest BCUT2D eigenvalue weighted by atomic mass is 10.1. The van der Waals surface area contributed by atoms with Crippen molar-refractivity contribution in [2.45, 2.75) is 26.9 Å². The largest absolute Gasteiger partial charge is 0.491 e. The van der Waals surface area contributed by atoms with Crippen LogP contribution in [-0.4, -0.2) is 17.1 Å². The van der Waals surface area contributed by atoms with E-state index in [9.17, 15) is 4.79 Å². The summed E-state index contributed by atoms with van der Waals surface area (Å²) in [7, 11) is 0. The summed E-state index contributed by atoms with van der Waals surface area (Å²) in [5.74, 6) is 0.558. The van der Waals surface area contributed by atoms with Gasteiger partial charge in [0.1, 0.15) is 5.75 Å². The molecule has 5 heteroatoms. The monoisotopic (exact) mass is 328 g/mol. The van der Waals surface area contributed by atoms with Gasteiger partial charge in [0.15, 0.2) is 5.11 Å². The number of anilines is 1. The number of hydrogen-bond acceptors (Lipinski definition) is 3. The highest BCUT2D eigenvalue weighted by Crippen LogP contribution is 2.16. The summed E-state index contributed by atoms with van der Waals surface area (Å²) in [5.41, 5.74) is 2.46. The van der Waals surface area contributed by atoms with Gasteiger partial charge in [-0.15, -0.1) is 0 Å². The van der Waals surface area contributed by atoms with E-state index >= 15 is 0 Å². The molecule has 0 heterocycles. The van der Waals surface area contributed by atoms with Gasteiger partial charge in [0.25, 0.3) is 5.91 Å². The van der Waals surface area contributed by atoms with Gasteiger partial charge in [0.2, 0.25) is 0 Å². The van der Waals surface area contributed by atoms with Gasteiger partial charge in [-0.1, -0.05) is 17.7 Å². The number of carbonyl (C=O) groups is 1. The molecule has 0 saturated carbocycles. The van der Waals surface area contributed by atoms with Crippen molar-refractivity contribution in [1.82, 2.24) is 5.32 Å². The Morgan fingerprint density at radius 3 is 2.22 bits per heavy atom. The van der Waals surface area contributed by atoms with Crippen molar-refractivity contribution >= 4 is 28.9 Å². The number of hydrogen-bond donors (Lipinski definition) is 2. The Kier molecular flexibility index (Phi) is 5.71. The molecule has 2 N–H and O–H groups in total. The van der Waals surface area contributed by atoms with Gasteiger partial charge >= 0.3 is 0 Å². The highest BCUT2D eigenvalue weighted by atomic mass is 32.1. The Balaban J connectivity index is 1.91. The number of carbonyl (C=O) groups excluding carboxylic acids is 1. The Labute approximate surface area is 141 Å². The first kappa shape index (κ1) is 17.0. The van der Waals surface area contributed by atoms with Crippen LogP contribution >= 0.6 is 12.2 Å². The van der Waals surface area contributed by atoms with E-state index in [0.29, 0.717) is 5.56 Å². The maximum Gasteiger partial charge on any atom is 0.257 e. The van der Waals surface area contributed by atoms with E-state index < -0.39 is 0 Å². The van der Waals surface area contributed by atoms with Crippen LogP contribution in [0.5, 0.6) is 5.75 Å². The molecule has 0 aliphatic rings. The molecule has 2 aromatic rings. The fraction of sp³-hybridized carbons (Fsp3) is 0.222. The summed E-state index contributed by atoms with van der Waals surface area (Å²) < 4.78 is 5.58. The quantitative estimate of drug-likeness (QED) is 0.836. The zero-order valence-corrected chi connectivity index (χ0v) is 14.2. The van der Waals surface area contributed by atoms with E-state index in [4.69, 9.17) is 17.0 Å². The van der Waals surface area contributed by atoms with Crippen molar-refractivity contribution in [3.05, 3.63) is 59.7 Å². The van der Waals surface area contributed by atoms with Crippen LogP contribution in [0, 0.1) is 6.92 Å². The van der Waals surface area contributed by atoms with E-state index in [1.807, 2.05) is 57.2 Å². The zero-order valence-electron chi connectivity index (χ0n) is 13.4. The van der Waals surface area contributed by atoms with Crippen LogP contribution in [0.3, 0.4) is 0 Å². The minimum absolute atomic E-state index is 0.128. The third kappa shape index (κ3) is 5.38. The van der Waals surface area contributed by atoms with Crippen LogP contribution < -0.4 is 15.4 Å². The molecule has 120 valence electrons. The normalized spacial score (nSPS) is 10.3. The third-order valence-electron chi connectivity index (χ3n) is 3.02. The summed E-state index contributed by atoms with van der Waals surface area (Å²) in [6.07, 6.45) is 0.128. The second kappa shape index (κ2) is 7.74. The SMILES string of the molecule is Cc1ccc(C(=O)NC(=S)Nc2ccc(OC(C)C)cc2)cc1. The second-order valence-corrected chi connectivity index (χ2v) is 5.87. The zero-order chi connectivity index (χ0) is 16.8. The molecule has 2 rings (SSSR count). The molecule has 0 unspecified atom stereocenters. The van der Waals surface area contributed by atoms with Gasteiger partial charge in [0, 0.05) is 11.3 Å². The molecule has 1 amide bonds. The molecule has 0 fully saturated rings. The van der Waals surface area contributed by atoms with E-state index in [1.165, 1.54) is 0 Å². The van der Waals surface area contributed by atoms with Crippen LogP contribution in [0.1, 0.15) is 29.8 Å². The molecule has 0 radical (unpaired) electrons. The van der Waals surface area contributed by atoms with Crippen molar-refractivity contribution in [2.75, 3.05) is 5.32 Å².